The number of carbonyl (C=O) groups excluding carboxylic acids is 1. The lowest BCUT2D eigenvalue weighted by Gasteiger charge is -2.38. The summed E-state index contributed by atoms with van der Waals surface area (Å²) in [7, 11) is 0. The lowest BCUT2D eigenvalue weighted by molar-refractivity contribution is -0.145. The third-order valence-electron chi connectivity index (χ3n) is 6.75. The van der Waals surface area contributed by atoms with Crippen molar-refractivity contribution in [3.05, 3.63) is 53.6 Å². The molecular formula is C29H38F3NO2. The van der Waals surface area contributed by atoms with Crippen molar-refractivity contribution >= 4 is 11.7 Å². The number of hydrogen-bond donors (Lipinski definition) is 0. The van der Waals surface area contributed by atoms with E-state index < -0.39 is 17.7 Å². The van der Waals surface area contributed by atoms with Crippen molar-refractivity contribution in [3.63, 3.8) is 0 Å². The van der Waals surface area contributed by atoms with Gasteiger partial charge in [0.25, 0.3) is 0 Å². The molecule has 1 fully saturated rings. The molecule has 2 aromatic rings. The lowest BCUT2D eigenvalue weighted by atomic mass is 9.87. The second kappa shape index (κ2) is 12.0. The summed E-state index contributed by atoms with van der Waals surface area (Å²) in [5.41, 5.74) is 2.77. The zero-order chi connectivity index (χ0) is 25.6. The van der Waals surface area contributed by atoms with Gasteiger partial charge in [-0.3, -0.25) is 4.79 Å². The molecule has 2 aromatic carbocycles. The van der Waals surface area contributed by atoms with Gasteiger partial charge in [0.05, 0.1) is 18.1 Å². The number of hydrogen-bond acceptors (Lipinski definition) is 3. The Labute approximate surface area is 207 Å². The largest absolute Gasteiger partial charge is 0.466 e. The predicted molar refractivity (Wildman–Crippen MR) is 136 cm³/mol. The minimum atomic E-state index is -4.38. The number of nitrogens with zero attached hydrogens (tertiary/aromatic N) is 1. The highest BCUT2D eigenvalue weighted by Crippen LogP contribution is 2.37. The van der Waals surface area contributed by atoms with E-state index in [1.807, 2.05) is 6.07 Å². The zero-order valence-corrected chi connectivity index (χ0v) is 21.3. The van der Waals surface area contributed by atoms with Crippen LogP contribution < -0.4 is 4.90 Å². The van der Waals surface area contributed by atoms with E-state index in [0.29, 0.717) is 24.6 Å². The maximum Gasteiger partial charge on any atom is 0.416 e. The molecule has 2 atom stereocenters. The van der Waals surface area contributed by atoms with Gasteiger partial charge in [-0.05, 0) is 85.9 Å². The third kappa shape index (κ3) is 7.02. The minimum absolute atomic E-state index is 0.250. The number of rotatable bonds is 9. The molecule has 0 radical (unpaired) electrons. The molecule has 0 amide bonds. The van der Waals surface area contributed by atoms with Crippen LogP contribution >= 0.6 is 0 Å². The molecule has 1 heterocycles. The Bertz CT molecular complexity index is 967. The third-order valence-corrected chi connectivity index (χ3v) is 6.75. The molecular weight excluding hydrogens is 451 g/mol. The average molecular weight is 490 g/mol. The number of benzene rings is 2. The first kappa shape index (κ1) is 27.1. The van der Waals surface area contributed by atoms with Gasteiger partial charge in [-0.1, -0.05) is 45.4 Å². The van der Waals surface area contributed by atoms with E-state index in [1.165, 1.54) is 18.6 Å². The van der Waals surface area contributed by atoms with Crippen molar-refractivity contribution < 1.29 is 22.7 Å². The lowest BCUT2D eigenvalue weighted by Crippen LogP contribution is -2.39. The van der Waals surface area contributed by atoms with Crippen LogP contribution in [-0.4, -0.2) is 25.2 Å². The fourth-order valence-electron chi connectivity index (χ4n) is 5.08. The van der Waals surface area contributed by atoms with E-state index in [2.05, 4.69) is 37.8 Å². The highest BCUT2D eigenvalue weighted by molar-refractivity contribution is 5.81. The summed E-state index contributed by atoms with van der Waals surface area (Å²) in [5, 5.41) is 0. The average Bonchev–Trinajstić information content (AvgIpc) is 2.82. The van der Waals surface area contributed by atoms with Gasteiger partial charge in [0.1, 0.15) is 0 Å². The number of carbonyl (C=O) groups is 1. The molecule has 35 heavy (non-hydrogen) atoms. The van der Waals surface area contributed by atoms with Crippen LogP contribution in [0.5, 0.6) is 0 Å². The summed E-state index contributed by atoms with van der Waals surface area (Å²) in [5.74, 6) is -0.386. The Balaban J connectivity index is 2.11. The molecule has 1 aliphatic rings. The van der Waals surface area contributed by atoms with Crippen LogP contribution in [0.3, 0.4) is 0 Å². The summed E-state index contributed by atoms with van der Waals surface area (Å²) < 4.78 is 44.8. The Kier molecular flexibility index (Phi) is 9.26. The first-order chi connectivity index (χ1) is 16.6. The molecule has 192 valence electrons. The van der Waals surface area contributed by atoms with Crippen LogP contribution in [0.1, 0.15) is 83.3 Å². The Morgan fingerprint density at radius 3 is 2.37 bits per heavy atom. The molecule has 0 spiro atoms. The molecule has 3 rings (SSSR count). The molecule has 6 heteroatoms. The first-order valence-corrected chi connectivity index (χ1v) is 12.9. The molecule has 0 saturated carbocycles. The molecule has 0 aliphatic carbocycles. The molecule has 0 aromatic heterocycles. The summed E-state index contributed by atoms with van der Waals surface area (Å²) in [6, 6.07) is 11.8. The highest BCUT2D eigenvalue weighted by Gasteiger charge is 2.31. The highest BCUT2D eigenvalue weighted by atomic mass is 19.4. The minimum Gasteiger partial charge on any atom is -0.466 e. The molecule has 0 N–H and O–H groups in total. The fourth-order valence-corrected chi connectivity index (χ4v) is 5.08. The maximum atomic E-state index is 13.1. The van der Waals surface area contributed by atoms with Crippen molar-refractivity contribution in [2.45, 2.75) is 84.4 Å². The van der Waals surface area contributed by atoms with Gasteiger partial charge in [0.2, 0.25) is 0 Å². The van der Waals surface area contributed by atoms with E-state index in [1.54, 1.807) is 6.92 Å². The van der Waals surface area contributed by atoms with Gasteiger partial charge in [-0.15, -0.1) is 0 Å². The summed E-state index contributed by atoms with van der Waals surface area (Å²) >= 11 is 0. The van der Waals surface area contributed by atoms with Crippen LogP contribution in [0.2, 0.25) is 0 Å². The monoisotopic (exact) mass is 489 g/mol. The SMILES string of the molecule is CCCC1CCCCN1c1cc(-c2ccc(C(F)(F)F)cc2)cc(C(CC(C)C)C(=O)OCC)c1. The number of esters is 1. The fraction of sp³-hybridized carbons (Fsp3) is 0.552. The molecule has 0 bridgehead atoms. The quantitative estimate of drug-likeness (QED) is 0.332. The molecule has 2 unspecified atom stereocenters. The molecule has 1 saturated heterocycles. The van der Waals surface area contributed by atoms with Crippen LogP contribution in [0.4, 0.5) is 18.9 Å². The van der Waals surface area contributed by atoms with Gasteiger partial charge in [-0.25, -0.2) is 0 Å². The summed E-state index contributed by atoms with van der Waals surface area (Å²) in [6.07, 6.45) is 1.88. The van der Waals surface area contributed by atoms with E-state index >= 15 is 0 Å². The Hall–Kier alpha value is -2.50. The number of alkyl halides is 3. The van der Waals surface area contributed by atoms with Crippen molar-refractivity contribution in [1.82, 2.24) is 0 Å². The van der Waals surface area contributed by atoms with Gasteiger partial charge in [0, 0.05) is 18.3 Å². The van der Waals surface area contributed by atoms with Crippen molar-refractivity contribution in [1.29, 1.82) is 0 Å². The van der Waals surface area contributed by atoms with Crippen LogP contribution in [0.25, 0.3) is 11.1 Å². The smallest absolute Gasteiger partial charge is 0.416 e. The number of ether oxygens (including phenoxy) is 1. The topological polar surface area (TPSA) is 29.5 Å². The Morgan fingerprint density at radius 1 is 1.06 bits per heavy atom. The maximum absolute atomic E-state index is 13.1. The van der Waals surface area contributed by atoms with E-state index in [4.69, 9.17) is 4.74 Å². The number of anilines is 1. The van der Waals surface area contributed by atoms with Crippen LogP contribution in [-0.2, 0) is 15.7 Å². The van der Waals surface area contributed by atoms with Crippen molar-refractivity contribution in [2.75, 3.05) is 18.1 Å². The zero-order valence-electron chi connectivity index (χ0n) is 21.3. The van der Waals surface area contributed by atoms with Gasteiger partial charge < -0.3 is 9.64 Å². The second-order valence-corrected chi connectivity index (χ2v) is 9.95. The first-order valence-electron chi connectivity index (χ1n) is 12.9. The number of halogens is 3. The summed E-state index contributed by atoms with van der Waals surface area (Å²) in [4.78, 5) is 15.4. The second-order valence-electron chi connectivity index (χ2n) is 9.95. The van der Waals surface area contributed by atoms with Crippen LogP contribution in [0, 0.1) is 5.92 Å². The Morgan fingerprint density at radius 2 is 1.77 bits per heavy atom. The van der Waals surface area contributed by atoms with E-state index in [9.17, 15) is 18.0 Å². The van der Waals surface area contributed by atoms with Gasteiger partial charge in [-0.2, -0.15) is 13.2 Å². The predicted octanol–water partition coefficient (Wildman–Crippen LogP) is 8.22. The molecule has 3 nitrogen and oxygen atoms in total. The standard InChI is InChI=1S/C29H38F3NO2/c1-5-9-25-10-7-8-15-33(25)26-18-22(21-11-13-24(14-12-21)29(30,31)32)17-23(19-26)27(16-20(3)4)28(34)35-6-2/h11-14,17-20,25,27H,5-10,15-16H2,1-4H3. The summed E-state index contributed by atoms with van der Waals surface area (Å²) in [6.45, 7) is 9.40. The van der Waals surface area contributed by atoms with Gasteiger partial charge >= 0.3 is 12.1 Å². The van der Waals surface area contributed by atoms with Crippen molar-refractivity contribution in [2.24, 2.45) is 5.92 Å². The van der Waals surface area contributed by atoms with Gasteiger partial charge in [0.15, 0.2) is 0 Å². The van der Waals surface area contributed by atoms with E-state index in [-0.39, 0.29) is 11.9 Å². The van der Waals surface area contributed by atoms with E-state index in [0.717, 1.165) is 61.2 Å². The normalized spacial score (nSPS) is 17.5. The van der Waals surface area contributed by atoms with Crippen molar-refractivity contribution in [3.8, 4) is 11.1 Å². The molecule has 1 aliphatic heterocycles. The van der Waals surface area contributed by atoms with Crippen LogP contribution in [0.15, 0.2) is 42.5 Å². The number of piperidine rings is 1.